The van der Waals surface area contributed by atoms with Crippen molar-refractivity contribution in [3.63, 3.8) is 0 Å². The molecule has 0 aliphatic carbocycles. The first kappa shape index (κ1) is 14.9. The molecule has 0 radical (unpaired) electrons. The molecule has 1 saturated heterocycles. The van der Waals surface area contributed by atoms with Gasteiger partial charge in [-0.2, -0.15) is 0 Å². The lowest BCUT2D eigenvalue weighted by Crippen LogP contribution is -2.48. The van der Waals surface area contributed by atoms with Gasteiger partial charge in [-0.1, -0.05) is 6.42 Å². The average molecular weight is 256 g/mol. The zero-order chi connectivity index (χ0) is 13.4. The van der Waals surface area contributed by atoms with E-state index in [4.69, 9.17) is 5.73 Å². The molecule has 4 N–H and O–H groups in total. The van der Waals surface area contributed by atoms with E-state index in [1.165, 1.54) is 19.3 Å². The van der Waals surface area contributed by atoms with E-state index in [1.807, 2.05) is 6.92 Å². The first-order valence-electron chi connectivity index (χ1n) is 6.64. The number of rotatable bonds is 5. The monoisotopic (exact) mass is 256 g/mol. The smallest absolute Gasteiger partial charge is 0.309 e. The number of piperidine rings is 1. The summed E-state index contributed by atoms with van der Waals surface area (Å²) in [5.41, 5.74) is 5.25. The first-order chi connectivity index (χ1) is 8.63. The van der Waals surface area contributed by atoms with Crippen LogP contribution < -0.4 is 16.4 Å². The molecule has 1 fully saturated rings. The van der Waals surface area contributed by atoms with Gasteiger partial charge in [0.15, 0.2) is 0 Å². The van der Waals surface area contributed by atoms with Crippen LogP contribution in [0.2, 0.25) is 0 Å². The minimum absolute atomic E-state index is 0.0146. The molecular formula is C12H24N4O2. The summed E-state index contributed by atoms with van der Waals surface area (Å²) in [6, 6.07) is -0.0146. The minimum atomic E-state index is -0.606. The Bertz CT molecular complexity index is 277. The number of carbonyl (C=O) groups is 2. The number of hydrogen-bond acceptors (Lipinski definition) is 4. The number of nitrogens with zero attached hydrogens (tertiary/aromatic N) is 1. The second-order valence-electron chi connectivity index (χ2n) is 4.78. The molecular weight excluding hydrogens is 232 g/mol. The van der Waals surface area contributed by atoms with Crippen LogP contribution >= 0.6 is 0 Å². The highest BCUT2D eigenvalue weighted by molar-refractivity contribution is 6.35. The maximum absolute atomic E-state index is 11.5. The molecule has 0 aromatic carbocycles. The Morgan fingerprint density at radius 2 is 1.89 bits per heavy atom. The Morgan fingerprint density at radius 1 is 1.22 bits per heavy atom. The van der Waals surface area contributed by atoms with Crippen LogP contribution in [0, 0.1) is 0 Å². The number of nitrogens with one attached hydrogen (secondary N) is 2. The molecule has 1 atom stereocenters. The van der Waals surface area contributed by atoms with E-state index < -0.39 is 11.8 Å². The van der Waals surface area contributed by atoms with Crippen molar-refractivity contribution in [2.75, 3.05) is 32.7 Å². The van der Waals surface area contributed by atoms with Crippen molar-refractivity contribution in [3.8, 4) is 0 Å². The van der Waals surface area contributed by atoms with Gasteiger partial charge in [0, 0.05) is 25.7 Å². The Morgan fingerprint density at radius 3 is 2.50 bits per heavy atom. The molecule has 1 rings (SSSR count). The van der Waals surface area contributed by atoms with E-state index in [2.05, 4.69) is 15.5 Å². The largest absolute Gasteiger partial charge is 0.347 e. The highest BCUT2D eigenvalue weighted by Gasteiger charge is 2.18. The molecule has 2 amide bonds. The summed E-state index contributed by atoms with van der Waals surface area (Å²) in [5.74, 6) is -1.18. The fourth-order valence-corrected chi connectivity index (χ4v) is 2.13. The SMILES string of the molecule is CC(CN1CCCCC1)NC(=O)C(=O)NCCN. The third-order valence-corrected chi connectivity index (χ3v) is 2.99. The predicted molar refractivity (Wildman–Crippen MR) is 70.0 cm³/mol. The van der Waals surface area contributed by atoms with Crippen LogP contribution in [0.3, 0.4) is 0 Å². The van der Waals surface area contributed by atoms with E-state index in [-0.39, 0.29) is 6.04 Å². The fourth-order valence-electron chi connectivity index (χ4n) is 2.13. The summed E-state index contributed by atoms with van der Waals surface area (Å²) < 4.78 is 0. The summed E-state index contributed by atoms with van der Waals surface area (Å²) in [6.07, 6.45) is 3.73. The zero-order valence-electron chi connectivity index (χ0n) is 11.1. The molecule has 104 valence electrons. The van der Waals surface area contributed by atoms with Gasteiger partial charge in [0.05, 0.1) is 0 Å². The zero-order valence-corrected chi connectivity index (χ0v) is 11.1. The number of amides is 2. The van der Waals surface area contributed by atoms with E-state index in [0.717, 1.165) is 19.6 Å². The molecule has 0 aromatic rings. The summed E-state index contributed by atoms with van der Waals surface area (Å²) in [5, 5.41) is 5.15. The lowest BCUT2D eigenvalue weighted by molar-refractivity contribution is -0.139. The Balaban J connectivity index is 2.23. The first-order valence-corrected chi connectivity index (χ1v) is 6.64. The molecule has 0 aromatic heterocycles. The van der Waals surface area contributed by atoms with Crippen LogP contribution in [0.4, 0.5) is 0 Å². The van der Waals surface area contributed by atoms with Crippen LogP contribution in [-0.4, -0.2) is 55.5 Å². The molecule has 1 aliphatic rings. The summed E-state index contributed by atoms with van der Waals surface area (Å²) in [4.78, 5) is 25.2. The van der Waals surface area contributed by atoms with Crippen LogP contribution in [0.25, 0.3) is 0 Å². The summed E-state index contributed by atoms with van der Waals surface area (Å²) >= 11 is 0. The van der Waals surface area contributed by atoms with Crippen LogP contribution in [-0.2, 0) is 9.59 Å². The normalized spacial score (nSPS) is 18.1. The molecule has 0 bridgehead atoms. The predicted octanol–water partition coefficient (Wildman–Crippen LogP) is -0.948. The maximum Gasteiger partial charge on any atom is 0.309 e. The summed E-state index contributed by atoms with van der Waals surface area (Å²) in [7, 11) is 0. The average Bonchev–Trinajstić information content (AvgIpc) is 2.36. The third-order valence-electron chi connectivity index (χ3n) is 2.99. The molecule has 0 spiro atoms. The second kappa shape index (κ2) is 8.05. The van der Waals surface area contributed by atoms with Crippen molar-refractivity contribution in [1.82, 2.24) is 15.5 Å². The van der Waals surface area contributed by atoms with E-state index >= 15 is 0 Å². The standard InChI is InChI=1S/C12H24N4O2/c1-10(9-16-7-3-2-4-8-16)15-12(18)11(17)14-6-5-13/h10H,2-9,13H2,1H3,(H,14,17)(H,15,18). The van der Waals surface area contributed by atoms with Gasteiger partial charge in [-0.25, -0.2) is 0 Å². The van der Waals surface area contributed by atoms with E-state index in [9.17, 15) is 9.59 Å². The highest BCUT2D eigenvalue weighted by atomic mass is 16.2. The van der Waals surface area contributed by atoms with Gasteiger partial charge >= 0.3 is 11.8 Å². The Kier molecular flexibility index (Phi) is 6.67. The second-order valence-corrected chi connectivity index (χ2v) is 4.78. The van der Waals surface area contributed by atoms with Crippen molar-refractivity contribution in [1.29, 1.82) is 0 Å². The molecule has 1 unspecified atom stereocenters. The van der Waals surface area contributed by atoms with Crippen molar-refractivity contribution in [2.45, 2.75) is 32.2 Å². The number of carbonyl (C=O) groups excluding carboxylic acids is 2. The summed E-state index contributed by atoms with van der Waals surface area (Å²) in [6.45, 7) is 5.55. The molecule has 6 nitrogen and oxygen atoms in total. The van der Waals surface area contributed by atoms with Gasteiger partial charge in [-0.05, 0) is 32.9 Å². The van der Waals surface area contributed by atoms with Crippen LogP contribution in [0.5, 0.6) is 0 Å². The van der Waals surface area contributed by atoms with Gasteiger partial charge in [0.25, 0.3) is 0 Å². The number of likely N-dealkylation sites (tertiary alicyclic amines) is 1. The topological polar surface area (TPSA) is 87.5 Å². The van der Waals surface area contributed by atoms with Gasteiger partial charge < -0.3 is 21.3 Å². The molecule has 1 aliphatic heterocycles. The third kappa shape index (κ3) is 5.46. The van der Waals surface area contributed by atoms with Crippen molar-refractivity contribution in [3.05, 3.63) is 0 Å². The van der Waals surface area contributed by atoms with Gasteiger partial charge in [-0.3, -0.25) is 9.59 Å². The minimum Gasteiger partial charge on any atom is -0.347 e. The maximum atomic E-state index is 11.5. The van der Waals surface area contributed by atoms with Crippen LogP contribution in [0.1, 0.15) is 26.2 Å². The molecule has 1 heterocycles. The lowest BCUT2D eigenvalue weighted by Gasteiger charge is -2.29. The van der Waals surface area contributed by atoms with Crippen molar-refractivity contribution in [2.24, 2.45) is 5.73 Å². The quantitative estimate of drug-likeness (QED) is 0.554. The van der Waals surface area contributed by atoms with Crippen LogP contribution in [0.15, 0.2) is 0 Å². The lowest BCUT2D eigenvalue weighted by atomic mass is 10.1. The van der Waals surface area contributed by atoms with Gasteiger partial charge in [-0.15, -0.1) is 0 Å². The Hall–Kier alpha value is -1.14. The van der Waals surface area contributed by atoms with E-state index in [0.29, 0.717) is 13.1 Å². The number of nitrogens with two attached hydrogens (primary N) is 1. The number of hydrogen-bond donors (Lipinski definition) is 3. The van der Waals surface area contributed by atoms with Crippen molar-refractivity contribution < 1.29 is 9.59 Å². The van der Waals surface area contributed by atoms with E-state index in [1.54, 1.807) is 0 Å². The fraction of sp³-hybridized carbons (Fsp3) is 0.833. The highest BCUT2D eigenvalue weighted by Crippen LogP contribution is 2.08. The van der Waals surface area contributed by atoms with Gasteiger partial charge in [0.2, 0.25) is 0 Å². The molecule has 18 heavy (non-hydrogen) atoms. The Labute approximate surface area is 108 Å². The molecule has 6 heteroatoms. The molecule has 0 saturated carbocycles. The van der Waals surface area contributed by atoms with Crippen molar-refractivity contribution >= 4 is 11.8 Å². The van der Waals surface area contributed by atoms with Gasteiger partial charge in [0.1, 0.15) is 0 Å².